The second-order valence-electron chi connectivity index (χ2n) is 6.32. The molecule has 0 spiro atoms. The average molecular weight is 480 g/mol. The first kappa shape index (κ1) is 21.9. The standard InChI is InChI=1S/C23H18BrN3O4/c1-31-23(30)16-11-9-15(10-12-16)14-25-27-22(29)19-7-2-3-8-20(19)26-21(28)17-5-4-6-18(24)13-17/h2-14H,1H3,(H,26,28)(H,27,29)/b25-14+. The normalized spacial score (nSPS) is 10.5. The summed E-state index contributed by atoms with van der Waals surface area (Å²) in [5, 5.41) is 6.69. The molecule has 0 unspecified atom stereocenters. The number of benzene rings is 3. The van der Waals surface area contributed by atoms with E-state index in [1.807, 2.05) is 6.07 Å². The fourth-order valence-corrected chi connectivity index (χ4v) is 3.06. The van der Waals surface area contributed by atoms with Crippen molar-refractivity contribution in [2.45, 2.75) is 0 Å². The van der Waals surface area contributed by atoms with Crippen LogP contribution in [-0.2, 0) is 4.74 Å². The van der Waals surface area contributed by atoms with Crippen molar-refractivity contribution in [3.05, 3.63) is 99.5 Å². The number of anilines is 1. The number of nitrogens with zero attached hydrogens (tertiary/aromatic N) is 1. The molecule has 3 aromatic rings. The van der Waals surface area contributed by atoms with Crippen LogP contribution < -0.4 is 10.7 Å². The van der Waals surface area contributed by atoms with Crippen LogP contribution in [0.15, 0.2) is 82.4 Å². The summed E-state index contributed by atoms with van der Waals surface area (Å²) in [6, 6.07) is 20.1. The topological polar surface area (TPSA) is 96.9 Å². The molecule has 8 heteroatoms. The van der Waals surface area contributed by atoms with Crippen LogP contribution in [0, 0.1) is 0 Å². The predicted octanol–water partition coefficient (Wildman–Crippen LogP) is 4.25. The van der Waals surface area contributed by atoms with Gasteiger partial charge in [-0.15, -0.1) is 0 Å². The second kappa shape index (κ2) is 10.3. The summed E-state index contributed by atoms with van der Waals surface area (Å²) in [6.45, 7) is 0. The molecule has 31 heavy (non-hydrogen) atoms. The SMILES string of the molecule is COC(=O)c1ccc(/C=N/NC(=O)c2ccccc2NC(=O)c2cccc(Br)c2)cc1. The van der Waals surface area contributed by atoms with Crippen molar-refractivity contribution in [1.29, 1.82) is 0 Å². The van der Waals surface area contributed by atoms with E-state index in [0.29, 0.717) is 22.4 Å². The molecule has 0 heterocycles. The number of rotatable bonds is 6. The van der Waals surface area contributed by atoms with Gasteiger partial charge < -0.3 is 10.1 Å². The van der Waals surface area contributed by atoms with Gasteiger partial charge in [0.15, 0.2) is 0 Å². The van der Waals surface area contributed by atoms with Gasteiger partial charge in [-0.25, -0.2) is 10.2 Å². The third-order valence-electron chi connectivity index (χ3n) is 4.22. The van der Waals surface area contributed by atoms with Gasteiger partial charge in [-0.2, -0.15) is 5.10 Å². The zero-order valence-electron chi connectivity index (χ0n) is 16.5. The van der Waals surface area contributed by atoms with Gasteiger partial charge in [0.05, 0.1) is 30.1 Å². The van der Waals surface area contributed by atoms with Gasteiger partial charge in [0.1, 0.15) is 0 Å². The Morgan fingerprint density at radius 1 is 0.903 bits per heavy atom. The molecule has 0 aliphatic heterocycles. The molecular weight excluding hydrogens is 462 g/mol. The first-order chi connectivity index (χ1) is 15.0. The van der Waals surface area contributed by atoms with Crippen molar-refractivity contribution in [3.8, 4) is 0 Å². The van der Waals surface area contributed by atoms with Gasteiger partial charge >= 0.3 is 5.97 Å². The lowest BCUT2D eigenvalue weighted by Gasteiger charge is -2.10. The van der Waals surface area contributed by atoms with Gasteiger partial charge in [-0.05, 0) is 48.0 Å². The van der Waals surface area contributed by atoms with Crippen LogP contribution in [0.5, 0.6) is 0 Å². The zero-order valence-corrected chi connectivity index (χ0v) is 18.0. The molecule has 2 N–H and O–H groups in total. The molecular formula is C23H18BrN3O4. The number of carbonyl (C=O) groups excluding carboxylic acids is 3. The highest BCUT2D eigenvalue weighted by Crippen LogP contribution is 2.18. The van der Waals surface area contributed by atoms with Crippen LogP contribution in [0.3, 0.4) is 0 Å². The summed E-state index contributed by atoms with van der Waals surface area (Å²) in [6.07, 6.45) is 1.45. The molecule has 0 saturated carbocycles. The Kier molecular flexibility index (Phi) is 7.29. The molecule has 0 radical (unpaired) electrons. The molecule has 0 aliphatic carbocycles. The van der Waals surface area contributed by atoms with Crippen molar-refractivity contribution < 1.29 is 19.1 Å². The van der Waals surface area contributed by atoms with Gasteiger partial charge in [0.2, 0.25) is 0 Å². The monoisotopic (exact) mass is 479 g/mol. The number of halogens is 1. The number of para-hydroxylation sites is 1. The Morgan fingerprint density at radius 2 is 1.65 bits per heavy atom. The molecule has 3 rings (SSSR count). The third-order valence-corrected chi connectivity index (χ3v) is 4.71. The lowest BCUT2D eigenvalue weighted by Crippen LogP contribution is -2.21. The van der Waals surface area contributed by atoms with E-state index in [9.17, 15) is 14.4 Å². The number of methoxy groups -OCH3 is 1. The van der Waals surface area contributed by atoms with Crippen LogP contribution in [-0.4, -0.2) is 31.1 Å². The Bertz CT molecular complexity index is 1140. The minimum Gasteiger partial charge on any atom is -0.465 e. The molecule has 7 nitrogen and oxygen atoms in total. The van der Waals surface area contributed by atoms with Gasteiger partial charge in [0, 0.05) is 10.0 Å². The fraction of sp³-hybridized carbons (Fsp3) is 0.0435. The number of carbonyl (C=O) groups is 3. The molecule has 2 amide bonds. The Morgan fingerprint density at radius 3 is 2.35 bits per heavy atom. The Balaban J connectivity index is 1.67. The maximum absolute atomic E-state index is 12.6. The van der Waals surface area contributed by atoms with Crippen LogP contribution in [0.1, 0.15) is 36.6 Å². The van der Waals surface area contributed by atoms with E-state index in [4.69, 9.17) is 0 Å². The van der Waals surface area contributed by atoms with Crippen LogP contribution in [0.4, 0.5) is 5.69 Å². The Labute approximate surface area is 187 Å². The van der Waals surface area contributed by atoms with E-state index in [2.05, 4.69) is 36.5 Å². The largest absolute Gasteiger partial charge is 0.465 e. The Hall–Kier alpha value is -3.78. The number of hydrazone groups is 1. The summed E-state index contributed by atoms with van der Waals surface area (Å²) in [5.41, 5.74) is 4.63. The quantitative estimate of drug-likeness (QED) is 0.313. The average Bonchev–Trinajstić information content (AvgIpc) is 2.79. The molecule has 3 aromatic carbocycles. The fourth-order valence-electron chi connectivity index (χ4n) is 2.66. The van der Waals surface area contributed by atoms with E-state index in [1.54, 1.807) is 66.7 Å². The van der Waals surface area contributed by atoms with Gasteiger partial charge in [-0.1, -0.05) is 46.3 Å². The maximum Gasteiger partial charge on any atom is 0.337 e. The first-order valence-corrected chi connectivity index (χ1v) is 9.95. The highest BCUT2D eigenvalue weighted by Gasteiger charge is 2.14. The van der Waals surface area contributed by atoms with E-state index >= 15 is 0 Å². The predicted molar refractivity (Wildman–Crippen MR) is 121 cm³/mol. The molecule has 0 atom stereocenters. The lowest BCUT2D eigenvalue weighted by molar-refractivity contribution is 0.0600. The summed E-state index contributed by atoms with van der Waals surface area (Å²) in [4.78, 5) is 36.5. The smallest absolute Gasteiger partial charge is 0.337 e. The summed E-state index contributed by atoms with van der Waals surface area (Å²) in [7, 11) is 1.31. The van der Waals surface area contributed by atoms with Crippen molar-refractivity contribution in [1.82, 2.24) is 5.43 Å². The molecule has 0 aromatic heterocycles. The number of amides is 2. The first-order valence-electron chi connectivity index (χ1n) is 9.15. The molecule has 156 valence electrons. The van der Waals surface area contributed by atoms with E-state index < -0.39 is 11.9 Å². The molecule has 0 bridgehead atoms. The molecule has 0 saturated heterocycles. The van der Waals surface area contributed by atoms with E-state index in [0.717, 1.165) is 4.47 Å². The zero-order chi connectivity index (χ0) is 22.2. The van der Waals surface area contributed by atoms with E-state index in [1.165, 1.54) is 13.3 Å². The number of hydrogen-bond donors (Lipinski definition) is 2. The highest BCUT2D eigenvalue weighted by atomic mass is 79.9. The molecule has 0 aliphatic rings. The van der Waals surface area contributed by atoms with Crippen molar-refractivity contribution >= 4 is 45.6 Å². The van der Waals surface area contributed by atoms with Crippen LogP contribution >= 0.6 is 15.9 Å². The van der Waals surface area contributed by atoms with Crippen molar-refractivity contribution in [2.24, 2.45) is 5.10 Å². The minimum absolute atomic E-state index is 0.268. The summed E-state index contributed by atoms with van der Waals surface area (Å²) >= 11 is 3.33. The van der Waals surface area contributed by atoms with Gasteiger partial charge in [-0.3, -0.25) is 9.59 Å². The van der Waals surface area contributed by atoms with Crippen LogP contribution in [0.2, 0.25) is 0 Å². The van der Waals surface area contributed by atoms with Crippen molar-refractivity contribution in [2.75, 3.05) is 12.4 Å². The molecule has 0 fully saturated rings. The number of ether oxygens (including phenoxy) is 1. The van der Waals surface area contributed by atoms with E-state index in [-0.39, 0.29) is 11.5 Å². The lowest BCUT2D eigenvalue weighted by atomic mass is 10.1. The third kappa shape index (κ3) is 5.86. The van der Waals surface area contributed by atoms with Crippen molar-refractivity contribution in [3.63, 3.8) is 0 Å². The highest BCUT2D eigenvalue weighted by molar-refractivity contribution is 9.10. The maximum atomic E-state index is 12.6. The van der Waals surface area contributed by atoms with Gasteiger partial charge in [0.25, 0.3) is 11.8 Å². The summed E-state index contributed by atoms with van der Waals surface area (Å²) < 4.78 is 5.43. The minimum atomic E-state index is -0.479. The summed E-state index contributed by atoms with van der Waals surface area (Å²) in [5.74, 6) is -1.25. The number of esters is 1. The number of hydrogen-bond acceptors (Lipinski definition) is 5. The number of nitrogens with one attached hydrogen (secondary N) is 2. The van der Waals surface area contributed by atoms with Crippen LogP contribution in [0.25, 0.3) is 0 Å². The second-order valence-corrected chi connectivity index (χ2v) is 7.24.